The van der Waals surface area contributed by atoms with Crippen LogP contribution in [0.2, 0.25) is 0 Å². The van der Waals surface area contributed by atoms with E-state index in [1.807, 2.05) is 0 Å². The van der Waals surface area contributed by atoms with Crippen molar-refractivity contribution in [1.82, 2.24) is 9.88 Å². The molecule has 13 heavy (non-hydrogen) atoms. The second-order valence-corrected chi connectivity index (χ2v) is 3.12. The molecule has 0 atom stereocenters. The molecule has 0 saturated heterocycles. The molecule has 0 aromatic carbocycles. The van der Waals surface area contributed by atoms with E-state index in [2.05, 4.69) is 4.98 Å². The van der Waals surface area contributed by atoms with E-state index in [-0.39, 0.29) is 11.5 Å². The molecule has 1 heterocycles. The number of hydrogen-bond donors (Lipinski definition) is 1. The number of hydrogen-bond acceptors (Lipinski definition) is 2. The minimum Gasteiger partial charge on any atom is -0.345 e. The lowest BCUT2D eigenvalue weighted by atomic mass is 10.2. The molecule has 0 bridgehead atoms. The second kappa shape index (κ2) is 3.43. The Labute approximate surface area is 76.2 Å². The normalized spacial score (nSPS) is 9.77. The number of carbonyl (C=O) groups excluding carboxylic acids is 1. The summed E-state index contributed by atoms with van der Waals surface area (Å²) in [5, 5.41) is 0. The van der Waals surface area contributed by atoms with E-state index in [1.54, 1.807) is 27.1 Å². The quantitative estimate of drug-likeness (QED) is 0.679. The van der Waals surface area contributed by atoms with Gasteiger partial charge in [0.25, 0.3) is 5.91 Å². The summed E-state index contributed by atoms with van der Waals surface area (Å²) in [4.78, 5) is 26.5. The summed E-state index contributed by atoms with van der Waals surface area (Å²) in [7, 11) is 3.30. The first kappa shape index (κ1) is 9.51. The minimum absolute atomic E-state index is 0.158. The maximum atomic E-state index is 11.4. The molecular formula is C9H12N2O2. The van der Waals surface area contributed by atoms with Crippen LogP contribution in [0.1, 0.15) is 16.1 Å². The van der Waals surface area contributed by atoms with E-state index in [1.165, 1.54) is 11.0 Å². The Morgan fingerprint density at radius 2 is 2.00 bits per heavy atom. The minimum atomic E-state index is -0.245. The number of rotatable bonds is 1. The van der Waals surface area contributed by atoms with Gasteiger partial charge in [-0.1, -0.05) is 0 Å². The highest BCUT2D eigenvalue weighted by atomic mass is 16.2. The predicted molar refractivity (Wildman–Crippen MR) is 49.8 cm³/mol. The molecule has 1 aromatic heterocycles. The first-order chi connectivity index (χ1) is 6.00. The van der Waals surface area contributed by atoms with Crippen LogP contribution in [0.5, 0.6) is 0 Å². The maximum absolute atomic E-state index is 11.4. The number of nitrogens with zero attached hydrogens (tertiary/aromatic N) is 1. The van der Waals surface area contributed by atoms with Crippen LogP contribution in [0.4, 0.5) is 0 Å². The number of carbonyl (C=O) groups is 1. The van der Waals surface area contributed by atoms with Crippen LogP contribution in [0.25, 0.3) is 0 Å². The van der Waals surface area contributed by atoms with Crippen LogP contribution in [0, 0.1) is 6.92 Å². The first-order valence-electron chi connectivity index (χ1n) is 3.93. The van der Waals surface area contributed by atoms with Crippen molar-refractivity contribution in [1.29, 1.82) is 0 Å². The fraction of sp³-hybridized carbons (Fsp3) is 0.333. The maximum Gasteiger partial charge on any atom is 0.253 e. The molecule has 4 heteroatoms. The molecule has 0 aliphatic rings. The Hall–Kier alpha value is -1.58. The number of aromatic amines is 1. The van der Waals surface area contributed by atoms with Crippen molar-refractivity contribution >= 4 is 5.91 Å². The lowest BCUT2D eigenvalue weighted by Gasteiger charge is -2.09. The van der Waals surface area contributed by atoms with Gasteiger partial charge < -0.3 is 9.88 Å². The number of aryl methyl sites for hydroxylation is 1. The largest absolute Gasteiger partial charge is 0.345 e. The summed E-state index contributed by atoms with van der Waals surface area (Å²) in [6.45, 7) is 1.74. The zero-order valence-corrected chi connectivity index (χ0v) is 7.92. The van der Waals surface area contributed by atoms with Crippen molar-refractivity contribution in [2.24, 2.45) is 0 Å². The zero-order valence-electron chi connectivity index (χ0n) is 7.92. The molecule has 70 valence electrons. The summed E-state index contributed by atoms with van der Waals surface area (Å²) in [6.07, 6.45) is 0. The molecule has 0 aliphatic carbocycles. The highest BCUT2D eigenvalue weighted by Crippen LogP contribution is 2.00. The molecular weight excluding hydrogens is 168 g/mol. The van der Waals surface area contributed by atoms with Crippen molar-refractivity contribution in [2.45, 2.75) is 6.92 Å². The van der Waals surface area contributed by atoms with E-state index in [4.69, 9.17) is 0 Å². The number of aromatic nitrogens is 1. The second-order valence-electron chi connectivity index (χ2n) is 3.12. The third-order valence-corrected chi connectivity index (χ3v) is 1.63. The van der Waals surface area contributed by atoms with Crippen molar-refractivity contribution < 1.29 is 4.79 Å². The van der Waals surface area contributed by atoms with Gasteiger partial charge in [0.1, 0.15) is 0 Å². The Morgan fingerprint density at radius 1 is 1.38 bits per heavy atom. The van der Waals surface area contributed by atoms with Crippen LogP contribution in [-0.4, -0.2) is 29.9 Å². The number of nitrogens with one attached hydrogen (secondary N) is 1. The van der Waals surface area contributed by atoms with Gasteiger partial charge in [0.2, 0.25) is 5.56 Å². The van der Waals surface area contributed by atoms with E-state index in [0.29, 0.717) is 11.3 Å². The van der Waals surface area contributed by atoms with E-state index >= 15 is 0 Å². The standard InChI is InChI=1S/C9H12N2O2/c1-6-4-7(5-8(12)10-6)9(13)11(2)3/h4-5H,1-3H3,(H,10,12). The summed E-state index contributed by atoms with van der Waals surface area (Å²) in [5.41, 5.74) is 0.870. The van der Waals surface area contributed by atoms with E-state index in [0.717, 1.165) is 0 Å². The van der Waals surface area contributed by atoms with E-state index in [9.17, 15) is 9.59 Å². The van der Waals surface area contributed by atoms with Crippen LogP contribution >= 0.6 is 0 Å². The molecule has 1 aromatic rings. The fourth-order valence-electron chi connectivity index (χ4n) is 1.06. The third kappa shape index (κ3) is 2.18. The van der Waals surface area contributed by atoms with E-state index < -0.39 is 0 Å². The Bertz CT molecular complexity index is 379. The molecule has 4 nitrogen and oxygen atoms in total. The van der Waals surface area contributed by atoms with Gasteiger partial charge in [-0.15, -0.1) is 0 Å². The highest BCUT2D eigenvalue weighted by molar-refractivity contribution is 5.93. The number of H-pyrrole nitrogens is 1. The van der Waals surface area contributed by atoms with Crippen molar-refractivity contribution in [3.05, 3.63) is 33.7 Å². The van der Waals surface area contributed by atoms with Crippen molar-refractivity contribution in [2.75, 3.05) is 14.1 Å². The molecule has 0 radical (unpaired) electrons. The predicted octanol–water partition coefficient (Wildman–Crippen LogP) is 0.385. The summed E-state index contributed by atoms with van der Waals surface area (Å²) in [5.74, 6) is -0.158. The van der Waals surface area contributed by atoms with Crippen LogP contribution in [-0.2, 0) is 0 Å². The molecule has 1 amide bonds. The average Bonchev–Trinajstić information content (AvgIpc) is 2.01. The molecule has 1 rings (SSSR count). The third-order valence-electron chi connectivity index (χ3n) is 1.63. The molecule has 0 fully saturated rings. The monoisotopic (exact) mass is 180 g/mol. The summed E-state index contributed by atoms with van der Waals surface area (Å²) in [6, 6.07) is 2.96. The smallest absolute Gasteiger partial charge is 0.253 e. The molecule has 0 saturated carbocycles. The molecule has 0 unspecified atom stereocenters. The van der Waals surface area contributed by atoms with Crippen LogP contribution < -0.4 is 5.56 Å². The van der Waals surface area contributed by atoms with Gasteiger partial charge in [-0.05, 0) is 13.0 Å². The topological polar surface area (TPSA) is 53.2 Å². The fourth-order valence-corrected chi connectivity index (χ4v) is 1.06. The lowest BCUT2D eigenvalue weighted by molar-refractivity contribution is 0.0827. The van der Waals surface area contributed by atoms with Gasteiger partial charge in [-0.2, -0.15) is 0 Å². The molecule has 1 N–H and O–H groups in total. The lowest BCUT2D eigenvalue weighted by Crippen LogP contribution is -2.23. The van der Waals surface area contributed by atoms with Crippen LogP contribution in [0.15, 0.2) is 16.9 Å². The van der Waals surface area contributed by atoms with Gasteiger partial charge in [-0.3, -0.25) is 9.59 Å². The van der Waals surface area contributed by atoms with Gasteiger partial charge in [0.05, 0.1) is 0 Å². The summed E-state index contributed by atoms with van der Waals surface area (Å²) >= 11 is 0. The van der Waals surface area contributed by atoms with Crippen molar-refractivity contribution in [3.63, 3.8) is 0 Å². The Morgan fingerprint density at radius 3 is 2.46 bits per heavy atom. The highest BCUT2D eigenvalue weighted by Gasteiger charge is 2.08. The van der Waals surface area contributed by atoms with Gasteiger partial charge in [0, 0.05) is 31.4 Å². The molecule has 0 spiro atoms. The summed E-state index contributed by atoms with van der Waals surface area (Å²) < 4.78 is 0. The number of pyridine rings is 1. The van der Waals surface area contributed by atoms with Crippen molar-refractivity contribution in [3.8, 4) is 0 Å². The van der Waals surface area contributed by atoms with Gasteiger partial charge in [-0.25, -0.2) is 0 Å². The van der Waals surface area contributed by atoms with Gasteiger partial charge in [0.15, 0.2) is 0 Å². The zero-order chi connectivity index (χ0) is 10.0. The van der Waals surface area contributed by atoms with Gasteiger partial charge >= 0.3 is 0 Å². The Kier molecular flexibility index (Phi) is 2.51. The average molecular weight is 180 g/mol. The first-order valence-corrected chi connectivity index (χ1v) is 3.93. The van der Waals surface area contributed by atoms with Crippen LogP contribution in [0.3, 0.4) is 0 Å². The SMILES string of the molecule is Cc1cc(C(=O)N(C)C)cc(=O)[nH]1. The number of amides is 1. The molecule has 0 aliphatic heterocycles. The Balaban J connectivity index is 3.16.